The molecule has 2 aromatic carbocycles. The van der Waals surface area contributed by atoms with E-state index in [4.69, 9.17) is 4.74 Å². The van der Waals surface area contributed by atoms with Gasteiger partial charge in [0.15, 0.2) is 0 Å². The number of carbonyl (C=O) groups excluding carboxylic acids is 2. The van der Waals surface area contributed by atoms with E-state index in [1.807, 2.05) is 0 Å². The van der Waals surface area contributed by atoms with Crippen LogP contribution in [-0.4, -0.2) is 38.9 Å². The van der Waals surface area contributed by atoms with Crippen molar-refractivity contribution >= 4 is 17.8 Å². The number of alkyl halides is 3. The summed E-state index contributed by atoms with van der Waals surface area (Å²) in [5, 5.41) is 12.9. The molecule has 4 unspecified atom stereocenters. The fraction of sp³-hybridized carbons (Fsp3) is 0.400. The largest absolute Gasteiger partial charge is 0.480 e. The number of ether oxygens (including phenoxy) is 1. The number of nitrogens with zero attached hydrogens (tertiary/aromatic N) is 1. The van der Waals surface area contributed by atoms with Gasteiger partial charge < -0.3 is 9.84 Å². The van der Waals surface area contributed by atoms with Gasteiger partial charge in [0.05, 0.1) is 17.4 Å². The number of fused-ring (bicyclic) bond motifs is 1. The minimum absolute atomic E-state index is 0.0318. The Kier molecular flexibility index (Phi) is 5.71. The van der Waals surface area contributed by atoms with Crippen molar-refractivity contribution in [1.82, 2.24) is 10.2 Å². The van der Waals surface area contributed by atoms with Crippen molar-refractivity contribution in [2.24, 2.45) is 11.8 Å². The average Bonchev–Trinajstić information content (AvgIpc) is 3.21. The number of carbonyl (C=O) groups is 3. The molecule has 2 heterocycles. The molecular weight excluding hydrogens is 465 g/mol. The maximum absolute atomic E-state index is 13.4. The third-order valence-electron chi connectivity index (χ3n) is 6.52. The highest BCUT2D eigenvalue weighted by Crippen LogP contribution is 2.50. The number of benzene rings is 2. The van der Waals surface area contributed by atoms with Crippen LogP contribution in [0.4, 0.5) is 13.2 Å². The number of hydrogen-bond donors (Lipinski definition) is 2. The van der Waals surface area contributed by atoms with Crippen molar-refractivity contribution < 1.29 is 37.4 Å². The van der Waals surface area contributed by atoms with Crippen LogP contribution in [0.3, 0.4) is 0 Å². The Balaban J connectivity index is 1.70. The van der Waals surface area contributed by atoms with Crippen LogP contribution in [0, 0.1) is 11.8 Å². The van der Waals surface area contributed by atoms with Gasteiger partial charge in [0.1, 0.15) is 17.0 Å². The Morgan fingerprint density at radius 3 is 2.20 bits per heavy atom. The van der Waals surface area contributed by atoms with E-state index in [1.54, 1.807) is 32.9 Å². The van der Waals surface area contributed by atoms with Crippen molar-refractivity contribution in [3.63, 3.8) is 0 Å². The molecule has 2 N–H and O–H groups in total. The lowest BCUT2D eigenvalue weighted by atomic mass is 9.80. The van der Waals surface area contributed by atoms with Crippen molar-refractivity contribution in [2.75, 3.05) is 0 Å². The number of rotatable bonds is 4. The number of nitrogens with one attached hydrogen (secondary N) is 1. The number of carboxylic acid groups (broad SMARTS) is 1. The molecule has 2 fully saturated rings. The molecule has 2 saturated heterocycles. The molecule has 0 aliphatic carbocycles. The number of hydrogen-bond acceptors (Lipinski definition) is 5. The molecule has 186 valence electrons. The summed E-state index contributed by atoms with van der Waals surface area (Å²) in [5.74, 6) is -4.20. The molecule has 10 heteroatoms. The van der Waals surface area contributed by atoms with Crippen molar-refractivity contribution in [1.29, 1.82) is 0 Å². The lowest BCUT2D eigenvalue weighted by molar-refractivity contribution is -0.152. The zero-order valence-electron chi connectivity index (χ0n) is 19.5. The first-order chi connectivity index (χ1) is 16.1. The van der Waals surface area contributed by atoms with Crippen molar-refractivity contribution in [3.8, 4) is 11.5 Å². The Morgan fingerprint density at radius 1 is 1.03 bits per heavy atom. The number of imide groups is 1. The van der Waals surface area contributed by atoms with Crippen LogP contribution in [-0.2, 0) is 20.6 Å². The Hall–Kier alpha value is -3.40. The lowest BCUT2D eigenvalue weighted by Gasteiger charge is -2.34. The molecule has 7 nitrogen and oxygen atoms in total. The summed E-state index contributed by atoms with van der Waals surface area (Å²) in [4.78, 5) is 40.0. The second-order valence-corrected chi connectivity index (χ2v) is 10.0. The highest BCUT2D eigenvalue weighted by Gasteiger charge is 2.67. The molecule has 2 amide bonds. The van der Waals surface area contributed by atoms with Gasteiger partial charge >= 0.3 is 12.1 Å². The maximum atomic E-state index is 13.4. The Labute approximate surface area is 199 Å². The van der Waals surface area contributed by atoms with Crippen LogP contribution in [0.15, 0.2) is 48.5 Å². The third kappa shape index (κ3) is 4.16. The van der Waals surface area contributed by atoms with Gasteiger partial charge in [0.25, 0.3) is 0 Å². The molecule has 2 aromatic rings. The van der Waals surface area contributed by atoms with Gasteiger partial charge in [-0.2, -0.15) is 13.2 Å². The van der Waals surface area contributed by atoms with E-state index in [0.29, 0.717) is 5.56 Å². The Morgan fingerprint density at radius 2 is 1.63 bits per heavy atom. The molecule has 0 saturated carbocycles. The minimum Gasteiger partial charge on any atom is -0.480 e. The first-order valence-corrected chi connectivity index (χ1v) is 11.0. The van der Waals surface area contributed by atoms with Crippen molar-refractivity contribution in [3.05, 3.63) is 59.7 Å². The van der Waals surface area contributed by atoms with Gasteiger partial charge in [-0.05, 0) is 63.6 Å². The monoisotopic (exact) mass is 490 g/mol. The zero-order chi connectivity index (χ0) is 25.9. The van der Waals surface area contributed by atoms with E-state index in [9.17, 15) is 32.7 Å². The SMILES string of the molecule is CC1(C(=O)O)NC(c2cccc(Oc3cccc(C(F)(F)F)c3)c2)C2C(=O)N(C(C)(C)C)C(=O)C21. The molecular formula is C25H25F3N2O5. The van der Waals surface area contributed by atoms with Crippen LogP contribution in [0.5, 0.6) is 11.5 Å². The van der Waals surface area contributed by atoms with E-state index < -0.39 is 58.5 Å². The lowest BCUT2D eigenvalue weighted by Crippen LogP contribution is -2.55. The molecule has 2 aliphatic heterocycles. The molecule has 4 atom stereocenters. The van der Waals surface area contributed by atoms with Gasteiger partial charge in [0, 0.05) is 11.6 Å². The molecule has 0 spiro atoms. The van der Waals surface area contributed by atoms with E-state index in [2.05, 4.69) is 5.32 Å². The quantitative estimate of drug-likeness (QED) is 0.618. The summed E-state index contributed by atoms with van der Waals surface area (Å²) >= 11 is 0. The highest BCUT2D eigenvalue weighted by molar-refractivity contribution is 6.10. The fourth-order valence-electron chi connectivity index (χ4n) is 4.93. The molecule has 0 aromatic heterocycles. The molecule has 2 aliphatic rings. The van der Waals surface area contributed by atoms with Gasteiger partial charge in [-0.25, -0.2) is 0 Å². The number of amides is 2. The van der Waals surface area contributed by atoms with Gasteiger partial charge in [-0.15, -0.1) is 0 Å². The summed E-state index contributed by atoms with van der Waals surface area (Å²) in [6.07, 6.45) is -4.53. The number of aliphatic carboxylic acids is 1. The molecule has 4 rings (SSSR count). The maximum Gasteiger partial charge on any atom is 0.416 e. The standard InChI is InChI=1S/C25H25F3N2O5/c1-23(2,3)30-20(31)17-18(21(30)32)24(4,22(33)34)29-19(17)13-7-5-9-15(11-13)35-16-10-6-8-14(12-16)25(26,27)28/h5-12,17-19,29H,1-4H3,(H,33,34). The Bertz CT molecular complexity index is 1210. The molecule has 0 bridgehead atoms. The summed E-state index contributed by atoms with van der Waals surface area (Å²) in [6, 6.07) is 9.90. The van der Waals surface area contributed by atoms with Crippen LogP contribution in [0.25, 0.3) is 0 Å². The zero-order valence-corrected chi connectivity index (χ0v) is 19.5. The van der Waals surface area contributed by atoms with Crippen LogP contribution in [0.2, 0.25) is 0 Å². The third-order valence-corrected chi connectivity index (χ3v) is 6.52. The predicted octanol–water partition coefficient (Wildman–Crippen LogP) is 4.39. The van der Waals surface area contributed by atoms with Gasteiger partial charge in [-0.3, -0.25) is 24.6 Å². The van der Waals surface area contributed by atoms with Crippen LogP contribution >= 0.6 is 0 Å². The number of likely N-dealkylation sites (tertiary alicyclic amines) is 1. The second-order valence-electron chi connectivity index (χ2n) is 10.0. The first kappa shape index (κ1) is 24.7. The van der Waals surface area contributed by atoms with E-state index in [0.717, 1.165) is 17.0 Å². The minimum atomic E-state index is -4.53. The smallest absolute Gasteiger partial charge is 0.416 e. The summed E-state index contributed by atoms with van der Waals surface area (Å²) in [7, 11) is 0. The van der Waals surface area contributed by atoms with Gasteiger partial charge in [0.2, 0.25) is 11.8 Å². The summed E-state index contributed by atoms with van der Waals surface area (Å²) < 4.78 is 44.8. The highest BCUT2D eigenvalue weighted by atomic mass is 19.4. The van der Waals surface area contributed by atoms with Crippen molar-refractivity contribution in [2.45, 2.75) is 51.0 Å². The second kappa shape index (κ2) is 8.08. The fourth-order valence-corrected chi connectivity index (χ4v) is 4.93. The molecule has 35 heavy (non-hydrogen) atoms. The first-order valence-electron chi connectivity index (χ1n) is 11.0. The van der Waals surface area contributed by atoms with Gasteiger partial charge in [-0.1, -0.05) is 18.2 Å². The van der Waals surface area contributed by atoms with Crippen LogP contribution < -0.4 is 10.1 Å². The van der Waals surface area contributed by atoms with Crippen LogP contribution in [0.1, 0.15) is 44.9 Å². The topological polar surface area (TPSA) is 95.9 Å². The normalized spacial score (nSPS) is 26.7. The summed E-state index contributed by atoms with van der Waals surface area (Å²) in [5.41, 5.74) is -2.91. The molecule has 0 radical (unpaired) electrons. The van der Waals surface area contributed by atoms with E-state index in [-0.39, 0.29) is 11.5 Å². The summed E-state index contributed by atoms with van der Waals surface area (Å²) in [6.45, 7) is 6.49. The van der Waals surface area contributed by atoms with E-state index in [1.165, 1.54) is 31.2 Å². The predicted molar refractivity (Wildman–Crippen MR) is 118 cm³/mol. The average molecular weight is 490 g/mol. The number of halogens is 3. The van der Waals surface area contributed by atoms with E-state index >= 15 is 0 Å². The number of carboxylic acids is 1.